The number of rotatable bonds is 1. The molecule has 1 N–H and O–H groups in total. The molecule has 2 rings (SSSR count). The maximum absolute atomic E-state index is 11.4. The van der Waals surface area contributed by atoms with Crippen LogP contribution in [0.3, 0.4) is 0 Å². The lowest BCUT2D eigenvalue weighted by Gasteiger charge is -2.19. The van der Waals surface area contributed by atoms with Gasteiger partial charge in [0.05, 0.1) is 7.11 Å². The van der Waals surface area contributed by atoms with E-state index in [2.05, 4.69) is 5.32 Å². The summed E-state index contributed by atoms with van der Waals surface area (Å²) in [5, 5.41) is 3.08. The molecular weight excluding hydrogens is 178 g/mol. The van der Waals surface area contributed by atoms with Crippen LogP contribution in [-0.2, 0) is 9.53 Å². The SMILES string of the molecule is COC(=O)C1C=CNc2ccccc21. The summed E-state index contributed by atoms with van der Waals surface area (Å²) in [6.07, 6.45) is 3.57. The van der Waals surface area contributed by atoms with E-state index < -0.39 is 0 Å². The Labute approximate surface area is 82.4 Å². The predicted octanol–water partition coefficient (Wildman–Crippen LogP) is 1.88. The number of carbonyl (C=O) groups is 1. The Morgan fingerprint density at radius 3 is 3.00 bits per heavy atom. The monoisotopic (exact) mass is 189 g/mol. The molecule has 0 aromatic heterocycles. The Morgan fingerprint density at radius 1 is 1.43 bits per heavy atom. The van der Waals surface area contributed by atoms with Crippen molar-refractivity contribution in [3.63, 3.8) is 0 Å². The van der Waals surface area contributed by atoms with Crippen LogP contribution in [-0.4, -0.2) is 13.1 Å². The molecule has 1 atom stereocenters. The summed E-state index contributed by atoms with van der Waals surface area (Å²) in [5.74, 6) is -0.507. The zero-order chi connectivity index (χ0) is 9.97. The highest BCUT2D eigenvalue weighted by atomic mass is 16.5. The van der Waals surface area contributed by atoms with E-state index in [-0.39, 0.29) is 11.9 Å². The van der Waals surface area contributed by atoms with Gasteiger partial charge in [0.15, 0.2) is 0 Å². The Morgan fingerprint density at radius 2 is 2.21 bits per heavy atom. The van der Waals surface area contributed by atoms with Crippen LogP contribution in [0.1, 0.15) is 11.5 Å². The summed E-state index contributed by atoms with van der Waals surface area (Å²) in [4.78, 5) is 11.4. The zero-order valence-electron chi connectivity index (χ0n) is 7.86. The molecule has 14 heavy (non-hydrogen) atoms. The van der Waals surface area contributed by atoms with Crippen LogP contribution < -0.4 is 5.32 Å². The van der Waals surface area contributed by atoms with Crippen LogP contribution in [0.15, 0.2) is 36.5 Å². The van der Waals surface area contributed by atoms with Gasteiger partial charge < -0.3 is 10.1 Å². The van der Waals surface area contributed by atoms with E-state index in [1.807, 2.05) is 24.3 Å². The molecule has 3 nitrogen and oxygen atoms in total. The van der Waals surface area contributed by atoms with Crippen molar-refractivity contribution in [1.82, 2.24) is 0 Å². The molecular formula is C11H11NO2. The van der Waals surface area contributed by atoms with Gasteiger partial charge in [-0.25, -0.2) is 0 Å². The van der Waals surface area contributed by atoms with Gasteiger partial charge in [-0.15, -0.1) is 0 Å². The average molecular weight is 189 g/mol. The average Bonchev–Trinajstić information content (AvgIpc) is 2.27. The van der Waals surface area contributed by atoms with Crippen molar-refractivity contribution in [3.8, 4) is 0 Å². The molecule has 72 valence electrons. The minimum atomic E-state index is -0.280. The second-order valence-corrected chi connectivity index (χ2v) is 3.09. The molecule has 3 heteroatoms. The standard InChI is InChI=1S/C11H11NO2/c1-14-11(13)9-6-7-12-10-5-3-2-4-8(9)10/h2-7,9,12H,1H3. The third-order valence-corrected chi connectivity index (χ3v) is 2.28. The van der Waals surface area contributed by atoms with Crippen molar-refractivity contribution in [2.75, 3.05) is 12.4 Å². The van der Waals surface area contributed by atoms with E-state index in [0.29, 0.717) is 0 Å². The highest BCUT2D eigenvalue weighted by Crippen LogP contribution is 2.29. The Balaban J connectivity index is 2.40. The number of hydrogen-bond acceptors (Lipinski definition) is 3. The van der Waals surface area contributed by atoms with Gasteiger partial charge in [-0.3, -0.25) is 4.79 Å². The minimum Gasteiger partial charge on any atom is -0.468 e. The number of esters is 1. The van der Waals surface area contributed by atoms with Gasteiger partial charge in [0, 0.05) is 5.69 Å². The van der Waals surface area contributed by atoms with Crippen LogP contribution in [0.5, 0.6) is 0 Å². The fourth-order valence-corrected chi connectivity index (χ4v) is 1.57. The molecule has 1 heterocycles. The van der Waals surface area contributed by atoms with Crippen LogP contribution in [0.2, 0.25) is 0 Å². The lowest BCUT2D eigenvalue weighted by molar-refractivity contribution is -0.141. The Bertz CT molecular complexity index is 385. The maximum atomic E-state index is 11.4. The van der Waals surface area contributed by atoms with Gasteiger partial charge in [0.2, 0.25) is 0 Å². The summed E-state index contributed by atoms with van der Waals surface area (Å²) in [7, 11) is 1.40. The topological polar surface area (TPSA) is 38.3 Å². The predicted molar refractivity (Wildman–Crippen MR) is 54.0 cm³/mol. The molecule has 0 amide bonds. The summed E-state index contributed by atoms with van der Waals surface area (Å²) in [5.41, 5.74) is 1.92. The third kappa shape index (κ3) is 1.37. The molecule has 1 aromatic carbocycles. The smallest absolute Gasteiger partial charge is 0.317 e. The second-order valence-electron chi connectivity index (χ2n) is 3.09. The number of anilines is 1. The highest BCUT2D eigenvalue weighted by Gasteiger charge is 2.22. The lowest BCUT2D eigenvalue weighted by atomic mass is 9.95. The Kier molecular flexibility index (Phi) is 2.23. The van der Waals surface area contributed by atoms with Crippen molar-refractivity contribution in [3.05, 3.63) is 42.1 Å². The molecule has 0 spiro atoms. The summed E-state index contributed by atoms with van der Waals surface area (Å²) < 4.78 is 4.73. The van der Waals surface area contributed by atoms with Crippen molar-refractivity contribution < 1.29 is 9.53 Å². The number of para-hydroxylation sites is 1. The molecule has 0 fully saturated rings. The first kappa shape index (κ1) is 8.81. The first-order valence-electron chi connectivity index (χ1n) is 4.43. The van der Waals surface area contributed by atoms with Gasteiger partial charge in [-0.2, -0.15) is 0 Å². The molecule has 1 aliphatic rings. The first-order valence-corrected chi connectivity index (χ1v) is 4.43. The third-order valence-electron chi connectivity index (χ3n) is 2.28. The quantitative estimate of drug-likeness (QED) is 0.685. The maximum Gasteiger partial charge on any atom is 0.317 e. The number of hydrogen-bond donors (Lipinski definition) is 1. The van der Waals surface area contributed by atoms with E-state index >= 15 is 0 Å². The number of carbonyl (C=O) groups excluding carboxylic acids is 1. The molecule has 0 bridgehead atoms. The van der Waals surface area contributed by atoms with E-state index in [1.54, 1.807) is 12.3 Å². The van der Waals surface area contributed by atoms with Crippen molar-refractivity contribution in [1.29, 1.82) is 0 Å². The molecule has 1 unspecified atom stereocenters. The van der Waals surface area contributed by atoms with Crippen molar-refractivity contribution in [2.24, 2.45) is 0 Å². The molecule has 1 aromatic rings. The molecule has 0 saturated heterocycles. The first-order chi connectivity index (χ1) is 6.83. The molecule has 0 radical (unpaired) electrons. The van der Waals surface area contributed by atoms with Crippen LogP contribution in [0.25, 0.3) is 0 Å². The molecule has 0 aliphatic carbocycles. The van der Waals surface area contributed by atoms with Gasteiger partial charge in [0.1, 0.15) is 5.92 Å². The van der Waals surface area contributed by atoms with Crippen LogP contribution in [0, 0.1) is 0 Å². The molecule has 1 aliphatic heterocycles. The fraction of sp³-hybridized carbons (Fsp3) is 0.182. The van der Waals surface area contributed by atoms with E-state index in [4.69, 9.17) is 4.74 Å². The summed E-state index contributed by atoms with van der Waals surface area (Å²) in [6.45, 7) is 0. The van der Waals surface area contributed by atoms with Crippen LogP contribution >= 0.6 is 0 Å². The number of nitrogens with one attached hydrogen (secondary N) is 1. The summed E-state index contributed by atoms with van der Waals surface area (Å²) in [6, 6.07) is 7.71. The van der Waals surface area contributed by atoms with Crippen molar-refractivity contribution in [2.45, 2.75) is 5.92 Å². The fourth-order valence-electron chi connectivity index (χ4n) is 1.57. The number of ether oxygens (including phenoxy) is 1. The van der Waals surface area contributed by atoms with Gasteiger partial charge in [0.25, 0.3) is 0 Å². The van der Waals surface area contributed by atoms with Gasteiger partial charge in [-0.1, -0.05) is 18.2 Å². The number of benzene rings is 1. The van der Waals surface area contributed by atoms with Gasteiger partial charge >= 0.3 is 5.97 Å². The van der Waals surface area contributed by atoms with Crippen LogP contribution in [0.4, 0.5) is 5.69 Å². The minimum absolute atomic E-state index is 0.227. The number of fused-ring (bicyclic) bond motifs is 1. The van der Waals surface area contributed by atoms with E-state index in [0.717, 1.165) is 11.3 Å². The normalized spacial score (nSPS) is 18.2. The van der Waals surface area contributed by atoms with Gasteiger partial charge in [-0.05, 0) is 23.9 Å². The van der Waals surface area contributed by atoms with E-state index in [1.165, 1.54) is 7.11 Å². The van der Waals surface area contributed by atoms with E-state index in [9.17, 15) is 4.79 Å². The lowest BCUT2D eigenvalue weighted by Crippen LogP contribution is -2.16. The van der Waals surface area contributed by atoms with Crippen molar-refractivity contribution >= 4 is 11.7 Å². The molecule has 0 saturated carbocycles. The second kappa shape index (κ2) is 3.54. The zero-order valence-corrected chi connectivity index (χ0v) is 7.86. The highest BCUT2D eigenvalue weighted by molar-refractivity contribution is 5.84. The largest absolute Gasteiger partial charge is 0.468 e. The summed E-state index contributed by atoms with van der Waals surface area (Å²) >= 11 is 0. The number of methoxy groups -OCH3 is 1. The Hall–Kier alpha value is -1.77.